The first kappa shape index (κ1) is 17.8. The fourth-order valence-corrected chi connectivity index (χ4v) is 3.27. The van der Waals surface area contributed by atoms with Crippen molar-refractivity contribution in [2.24, 2.45) is 0 Å². The number of morpholine rings is 1. The minimum atomic E-state index is -0.333. The lowest BCUT2D eigenvalue weighted by Crippen LogP contribution is -2.53. The zero-order valence-electron chi connectivity index (χ0n) is 14.2. The number of halogens is 1. The molecule has 1 aromatic carbocycles. The highest BCUT2D eigenvalue weighted by atomic mass is 19.1. The van der Waals surface area contributed by atoms with Gasteiger partial charge in [0.1, 0.15) is 11.9 Å². The summed E-state index contributed by atoms with van der Waals surface area (Å²) in [4.78, 5) is 28.6. The molecule has 0 aliphatic carbocycles. The van der Waals surface area contributed by atoms with E-state index in [1.807, 2.05) is 4.90 Å². The molecular formula is C18H24FN3O3. The zero-order chi connectivity index (χ0) is 17.6. The summed E-state index contributed by atoms with van der Waals surface area (Å²) in [7, 11) is 0. The maximum atomic E-state index is 13.3. The quantitative estimate of drug-likeness (QED) is 0.859. The summed E-state index contributed by atoms with van der Waals surface area (Å²) in [6.45, 7) is 4.00. The number of nitrogens with zero attached hydrogens (tertiary/aromatic N) is 2. The van der Waals surface area contributed by atoms with Gasteiger partial charge in [-0.15, -0.1) is 0 Å². The molecule has 1 unspecified atom stereocenters. The van der Waals surface area contributed by atoms with Crippen LogP contribution in [-0.4, -0.2) is 73.6 Å². The second-order valence-electron chi connectivity index (χ2n) is 6.45. The second kappa shape index (κ2) is 8.40. The Balaban J connectivity index is 1.53. The van der Waals surface area contributed by atoms with E-state index in [1.165, 1.54) is 12.1 Å². The first-order valence-electron chi connectivity index (χ1n) is 8.75. The Kier molecular flexibility index (Phi) is 5.99. The molecule has 2 amide bonds. The third kappa shape index (κ3) is 4.76. The predicted molar refractivity (Wildman–Crippen MR) is 90.5 cm³/mol. The molecule has 0 bridgehead atoms. The molecule has 2 fully saturated rings. The fraction of sp³-hybridized carbons (Fsp3) is 0.556. The topological polar surface area (TPSA) is 61.9 Å². The molecule has 6 nitrogen and oxygen atoms in total. The second-order valence-corrected chi connectivity index (χ2v) is 6.45. The molecule has 0 radical (unpaired) electrons. The lowest BCUT2D eigenvalue weighted by atomic mass is 10.1. The van der Waals surface area contributed by atoms with E-state index in [0.29, 0.717) is 51.5 Å². The summed E-state index contributed by atoms with van der Waals surface area (Å²) >= 11 is 0. The van der Waals surface area contributed by atoms with Gasteiger partial charge in [-0.1, -0.05) is 12.1 Å². The van der Waals surface area contributed by atoms with Crippen molar-refractivity contribution in [2.45, 2.75) is 18.9 Å². The van der Waals surface area contributed by atoms with Gasteiger partial charge in [-0.2, -0.15) is 0 Å². The third-order valence-electron chi connectivity index (χ3n) is 4.62. The summed E-state index contributed by atoms with van der Waals surface area (Å²) in [5.41, 5.74) is 0.672. The normalized spacial score (nSPS) is 21.7. The van der Waals surface area contributed by atoms with Crippen LogP contribution >= 0.6 is 0 Å². The van der Waals surface area contributed by atoms with Crippen molar-refractivity contribution in [3.63, 3.8) is 0 Å². The van der Waals surface area contributed by atoms with Crippen LogP contribution < -0.4 is 5.32 Å². The summed E-state index contributed by atoms with van der Waals surface area (Å²) in [5, 5.41) is 3.18. The average Bonchev–Trinajstić information content (AvgIpc) is 2.88. The van der Waals surface area contributed by atoms with Crippen molar-refractivity contribution in [3.8, 4) is 0 Å². The van der Waals surface area contributed by atoms with E-state index in [2.05, 4.69) is 5.32 Å². The minimum absolute atomic E-state index is 0.0287. The molecule has 1 aromatic rings. The molecule has 0 saturated carbocycles. The van der Waals surface area contributed by atoms with Crippen molar-refractivity contribution in [2.75, 3.05) is 45.9 Å². The van der Waals surface area contributed by atoms with Gasteiger partial charge >= 0.3 is 0 Å². The van der Waals surface area contributed by atoms with E-state index < -0.39 is 0 Å². The first-order valence-corrected chi connectivity index (χ1v) is 8.75. The summed E-state index contributed by atoms with van der Waals surface area (Å²) < 4.78 is 18.6. The van der Waals surface area contributed by atoms with Crippen LogP contribution in [0, 0.1) is 5.82 Å². The maximum absolute atomic E-state index is 13.3. The van der Waals surface area contributed by atoms with E-state index in [4.69, 9.17) is 4.74 Å². The highest BCUT2D eigenvalue weighted by Gasteiger charge is 2.28. The molecular weight excluding hydrogens is 325 g/mol. The Hall–Kier alpha value is -1.99. The van der Waals surface area contributed by atoms with Gasteiger partial charge in [0.15, 0.2) is 0 Å². The summed E-state index contributed by atoms with van der Waals surface area (Å²) in [6, 6.07) is 5.83. The molecule has 2 saturated heterocycles. The number of hydrogen-bond acceptors (Lipinski definition) is 4. The highest BCUT2D eigenvalue weighted by Crippen LogP contribution is 2.10. The van der Waals surface area contributed by atoms with Crippen LogP contribution in [0.1, 0.15) is 12.0 Å². The number of amides is 2. The molecule has 3 rings (SSSR count). The standard InChI is InChI=1S/C18H24FN3O3/c19-15-4-1-3-14(11-15)12-17(23)21-6-2-7-22(9-8-21)18(24)16-13-25-10-5-20-16/h1,3-4,11,16,20H,2,5-10,12-13H2. The van der Waals surface area contributed by atoms with Crippen molar-refractivity contribution in [1.82, 2.24) is 15.1 Å². The van der Waals surface area contributed by atoms with Gasteiger partial charge in [0.25, 0.3) is 0 Å². The largest absolute Gasteiger partial charge is 0.378 e. The Labute approximate surface area is 146 Å². The zero-order valence-corrected chi connectivity index (χ0v) is 14.2. The molecule has 7 heteroatoms. The highest BCUT2D eigenvalue weighted by molar-refractivity contribution is 5.82. The molecule has 1 N–H and O–H groups in total. The number of benzene rings is 1. The number of rotatable bonds is 3. The van der Waals surface area contributed by atoms with Gasteiger partial charge in [-0.25, -0.2) is 4.39 Å². The Morgan fingerprint density at radius 2 is 2.00 bits per heavy atom. The van der Waals surface area contributed by atoms with E-state index in [0.717, 1.165) is 6.42 Å². The van der Waals surface area contributed by atoms with Gasteiger partial charge in [0.2, 0.25) is 11.8 Å². The first-order chi connectivity index (χ1) is 12.1. The maximum Gasteiger partial charge on any atom is 0.242 e. The van der Waals surface area contributed by atoms with Crippen LogP contribution in [0.5, 0.6) is 0 Å². The SMILES string of the molecule is O=C(Cc1cccc(F)c1)N1CCCN(C(=O)C2COCCN2)CC1. The predicted octanol–water partition coefficient (Wildman–Crippen LogP) is 0.418. The average molecular weight is 349 g/mol. The Bertz CT molecular complexity index is 619. The molecule has 0 spiro atoms. The number of nitrogens with one attached hydrogen (secondary N) is 1. The Morgan fingerprint density at radius 1 is 1.20 bits per heavy atom. The summed E-state index contributed by atoms with van der Waals surface area (Å²) in [6.07, 6.45) is 0.929. The smallest absolute Gasteiger partial charge is 0.242 e. The number of ether oxygens (including phenoxy) is 1. The van der Waals surface area contributed by atoms with Crippen molar-refractivity contribution in [1.29, 1.82) is 0 Å². The molecule has 25 heavy (non-hydrogen) atoms. The summed E-state index contributed by atoms with van der Waals surface area (Å²) in [5.74, 6) is -0.321. The fourth-order valence-electron chi connectivity index (χ4n) is 3.27. The van der Waals surface area contributed by atoms with Crippen LogP contribution in [0.4, 0.5) is 4.39 Å². The van der Waals surface area contributed by atoms with Crippen molar-refractivity contribution < 1.29 is 18.7 Å². The number of carbonyl (C=O) groups is 2. The van der Waals surface area contributed by atoms with Crippen molar-refractivity contribution >= 4 is 11.8 Å². The van der Waals surface area contributed by atoms with Gasteiger partial charge in [-0.3, -0.25) is 9.59 Å². The van der Waals surface area contributed by atoms with Crippen LogP contribution in [0.15, 0.2) is 24.3 Å². The van der Waals surface area contributed by atoms with E-state index in [9.17, 15) is 14.0 Å². The van der Waals surface area contributed by atoms with E-state index >= 15 is 0 Å². The molecule has 136 valence electrons. The number of carbonyl (C=O) groups excluding carboxylic acids is 2. The molecule has 2 aliphatic heterocycles. The van der Waals surface area contributed by atoms with E-state index in [-0.39, 0.29) is 30.1 Å². The monoisotopic (exact) mass is 349 g/mol. The van der Waals surface area contributed by atoms with Crippen molar-refractivity contribution in [3.05, 3.63) is 35.6 Å². The Morgan fingerprint density at radius 3 is 2.76 bits per heavy atom. The lowest BCUT2D eigenvalue weighted by Gasteiger charge is -2.29. The van der Waals surface area contributed by atoms with Gasteiger partial charge in [0.05, 0.1) is 19.6 Å². The third-order valence-corrected chi connectivity index (χ3v) is 4.62. The molecule has 2 aliphatic rings. The number of hydrogen-bond donors (Lipinski definition) is 1. The molecule has 0 aromatic heterocycles. The molecule has 1 atom stereocenters. The lowest BCUT2D eigenvalue weighted by molar-refractivity contribution is -0.137. The van der Waals surface area contributed by atoms with Crippen LogP contribution in [-0.2, 0) is 20.7 Å². The van der Waals surface area contributed by atoms with E-state index in [1.54, 1.807) is 17.0 Å². The molecule has 2 heterocycles. The van der Waals surface area contributed by atoms with Gasteiger partial charge in [-0.05, 0) is 24.1 Å². The van der Waals surface area contributed by atoms with Crippen LogP contribution in [0.3, 0.4) is 0 Å². The minimum Gasteiger partial charge on any atom is -0.378 e. The van der Waals surface area contributed by atoms with Gasteiger partial charge < -0.3 is 19.9 Å². The van der Waals surface area contributed by atoms with Crippen LogP contribution in [0.25, 0.3) is 0 Å². The van der Waals surface area contributed by atoms with Gasteiger partial charge in [0, 0.05) is 32.7 Å². The van der Waals surface area contributed by atoms with Crippen LogP contribution in [0.2, 0.25) is 0 Å².